The van der Waals surface area contributed by atoms with Gasteiger partial charge in [-0.25, -0.2) is 4.98 Å². The van der Waals surface area contributed by atoms with Gasteiger partial charge in [0.2, 0.25) is 0 Å². The molecule has 3 heterocycles. The second-order valence-corrected chi connectivity index (χ2v) is 5.42. The summed E-state index contributed by atoms with van der Waals surface area (Å²) in [6.45, 7) is 5.21. The number of hydrogen-bond donors (Lipinski definition) is 1. The van der Waals surface area contributed by atoms with E-state index < -0.39 is 0 Å². The maximum absolute atomic E-state index is 5.70. The molecule has 1 aliphatic heterocycles. The Morgan fingerprint density at radius 3 is 2.62 bits per heavy atom. The molecule has 0 aliphatic carbocycles. The van der Waals surface area contributed by atoms with Crippen molar-refractivity contribution in [2.45, 2.75) is 13.0 Å². The number of anilines is 2. The monoisotopic (exact) mass is 283 g/mol. The molecule has 0 spiro atoms. The predicted octanol–water partition coefficient (Wildman–Crippen LogP) is 1.77. The second kappa shape index (κ2) is 6.54. The van der Waals surface area contributed by atoms with Crippen molar-refractivity contribution >= 4 is 11.5 Å². The highest BCUT2D eigenvalue weighted by molar-refractivity contribution is 5.45. The topological polar surface area (TPSA) is 58.3 Å². The van der Waals surface area contributed by atoms with Crippen LogP contribution in [-0.4, -0.2) is 41.0 Å². The van der Waals surface area contributed by atoms with E-state index in [1.165, 1.54) is 5.56 Å². The number of nitrogen functional groups attached to an aromatic ring is 1. The average Bonchev–Trinajstić information content (AvgIpc) is 2.75. The number of pyridine rings is 2. The Hall–Kier alpha value is -2.14. The van der Waals surface area contributed by atoms with Crippen molar-refractivity contribution in [3.8, 4) is 0 Å². The van der Waals surface area contributed by atoms with Gasteiger partial charge in [0.15, 0.2) is 0 Å². The van der Waals surface area contributed by atoms with Crippen molar-refractivity contribution in [2.75, 3.05) is 36.8 Å². The lowest BCUT2D eigenvalue weighted by atomic mass is 10.2. The summed E-state index contributed by atoms with van der Waals surface area (Å²) in [7, 11) is 0. The number of aromatic nitrogens is 2. The molecular weight excluding hydrogens is 262 g/mol. The lowest BCUT2D eigenvalue weighted by Crippen LogP contribution is -2.30. The highest BCUT2D eigenvalue weighted by atomic mass is 15.2. The van der Waals surface area contributed by atoms with Crippen LogP contribution in [0.15, 0.2) is 42.9 Å². The first kappa shape index (κ1) is 13.8. The molecule has 3 rings (SSSR count). The molecule has 0 saturated carbocycles. The normalized spacial score (nSPS) is 16.7. The number of rotatable bonds is 3. The van der Waals surface area contributed by atoms with Gasteiger partial charge in [-0.15, -0.1) is 0 Å². The first-order chi connectivity index (χ1) is 10.3. The van der Waals surface area contributed by atoms with Gasteiger partial charge in [0.25, 0.3) is 0 Å². The van der Waals surface area contributed by atoms with Crippen molar-refractivity contribution in [2.24, 2.45) is 0 Å². The molecule has 2 aromatic rings. The fraction of sp³-hybridized carbons (Fsp3) is 0.375. The summed E-state index contributed by atoms with van der Waals surface area (Å²) >= 11 is 0. The van der Waals surface area contributed by atoms with Crippen molar-refractivity contribution < 1.29 is 0 Å². The van der Waals surface area contributed by atoms with E-state index in [1.807, 2.05) is 24.5 Å². The molecule has 0 aromatic carbocycles. The number of nitrogens with two attached hydrogens (primary N) is 1. The SMILES string of the molecule is Nc1ccc(N2CCCN(Cc3ccncc3)CC2)nc1. The molecule has 21 heavy (non-hydrogen) atoms. The van der Waals surface area contributed by atoms with Crippen molar-refractivity contribution in [3.63, 3.8) is 0 Å². The van der Waals surface area contributed by atoms with Gasteiger partial charge in [0, 0.05) is 45.1 Å². The van der Waals surface area contributed by atoms with Gasteiger partial charge < -0.3 is 10.6 Å². The summed E-state index contributed by atoms with van der Waals surface area (Å²) < 4.78 is 0. The van der Waals surface area contributed by atoms with E-state index >= 15 is 0 Å². The van der Waals surface area contributed by atoms with Gasteiger partial charge in [0.1, 0.15) is 5.82 Å². The number of nitrogens with zero attached hydrogens (tertiary/aromatic N) is 4. The predicted molar refractivity (Wildman–Crippen MR) is 85.0 cm³/mol. The molecule has 0 bridgehead atoms. The Kier molecular flexibility index (Phi) is 4.31. The standard InChI is InChI=1S/C16H21N5/c17-15-2-3-16(19-12-15)21-9-1-8-20(10-11-21)13-14-4-6-18-7-5-14/h2-7,12H,1,8-11,13,17H2. The molecular formula is C16H21N5. The highest BCUT2D eigenvalue weighted by Gasteiger charge is 2.16. The third kappa shape index (κ3) is 3.70. The lowest BCUT2D eigenvalue weighted by Gasteiger charge is -2.22. The first-order valence-corrected chi connectivity index (χ1v) is 7.39. The van der Waals surface area contributed by atoms with E-state index in [4.69, 9.17) is 5.73 Å². The van der Waals surface area contributed by atoms with E-state index in [9.17, 15) is 0 Å². The van der Waals surface area contributed by atoms with E-state index in [1.54, 1.807) is 6.20 Å². The zero-order valence-corrected chi connectivity index (χ0v) is 12.2. The maximum Gasteiger partial charge on any atom is 0.128 e. The number of hydrogen-bond acceptors (Lipinski definition) is 5. The fourth-order valence-corrected chi connectivity index (χ4v) is 2.69. The molecule has 1 saturated heterocycles. The molecule has 1 aliphatic rings. The van der Waals surface area contributed by atoms with Crippen LogP contribution in [0.25, 0.3) is 0 Å². The van der Waals surface area contributed by atoms with Crippen LogP contribution in [0.1, 0.15) is 12.0 Å². The Bertz CT molecular complexity index is 555. The van der Waals surface area contributed by atoms with Crippen LogP contribution in [0.5, 0.6) is 0 Å². The molecule has 2 aromatic heterocycles. The highest BCUT2D eigenvalue weighted by Crippen LogP contribution is 2.16. The zero-order valence-electron chi connectivity index (χ0n) is 12.2. The molecule has 0 unspecified atom stereocenters. The molecule has 5 heteroatoms. The molecule has 2 N–H and O–H groups in total. The summed E-state index contributed by atoms with van der Waals surface area (Å²) in [6.07, 6.45) is 6.60. The molecule has 0 atom stereocenters. The Morgan fingerprint density at radius 1 is 1.00 bits per heavy atom. The van der Waals surface area contributed by atoms with E-state index in [-0.39, 0.29) is 0 Å². The molecule has 0 amide bonds. The molecule has 0 radical (unpaired) electrons. The van der Waals surface area contributed by atoms with Crippen LogP contribution in [0.4, 0.5) is 11.5 Å². The van der Waals surface area contributed by atoms with Crippen molar-refractivity contribution in [1.82, 2.24) is 14.9 Å². The van der Waals surface area contributed by atoms with Gasteiger partial charge in [-0.05, 0) is 36.2 Å². The Balaban J connectivity index is 1.60. The van der Waals surface area contributed by atoms with Crippen LogP contribution < -0.4 is 10.6 Å². The van der Waals surface area contributed by atoms with Crippen molar-refractivity contribution in [1.29, 1.82) is 0 Å². The maximum atomic E-state index is 5.70. The third-order valence-electron chi connectivity index (χ3n) is 3.84. The summed E-state index contributed by atoms with van der Waals surface area (Å²) in [4.78, 5) is 13.3. The quantitative estimate of drug-likeness (QED) is 0.930. The minimum atomic E-state index is 0.716. The smallest absolute Gasteiger partial charge is 0.128 e. The van der Waals surface area contributed by atoms with Gasteiger partial charge in [-0.1, -0.05) is 0 Å². The molecule has 1 fully saturated rings. The van der Waals surface area contributed by atoms with Gasteiger partial charge in [-0.2, -0.15) is 0 Å². The molecule has 110 valence electrons. The fourth-order valence-electron chi connectivity index (χ4n) is 2.69. The average molecular weight is 283 g/mol. The third-order valence-corrected chi connectivity index (χ3v) is 3.84. The summed E-state index contributed by atoms with van der Waals surface area (Å²) in [5.74, 6) is 1.02. The van der Waals surface area contributed by atoms with Crippen molar-refractivity contribution in [3.05, 3.63) is 48.4 Å². The largest absolute Gasteiger partial charge is 0.397 e. The zero-order chi connectivity index (χ0) is 14.5. The van der Waals surface area contributed by atoms with E-state index in [2.05, 4.69) is 31.9 Å². The van der Waals surface area contributed by atoms with Gasteiger partial charge in [-0.3, -0.25) is 9.88 Å². The minimum Gasteiger partial charge on any atom is -0.397 e. The van der Waals surface area contributed by atoms with Gasteiger partial charge >= 0.3 is 0 Å². The lowest BCUT2D eigenvalue weighted by molar-refractivity contribution is 0.285. The van der Waals surface area contributed by atoms with Crippen LogP contribution in [0, 0.1) is 0 Å². The van der Waals surface area contributed by atoms with E-state index in [0.29, 0.717) is 5.69 Å². The van der Waals surface area contributed by atoms with Crippen LogP contribution in [0.3, 0.4) is 0 Å². The first-order valence-electron chi connectivity index (χ1n) is 7.39. The second-order valence-electron chi connectivity index (χ2n) is 5.42. The summed E-state index contributed by atoms with van der Waals surface area (Å²) in [6, 6.07) is 8.10. The summed E-state index contributed by atoms with van der Waals surface area (Å²) in [5, 5.41) is 0. The molecule has 5 nitrogen and oxygen atoms in total. The van der Waals surface area contributed by atoms with Crippen LogP contribution in [-0.2, 0) is 6.54 Å². The van der Waals surface area contributed by atoms with Gasteiger partial charge in [0.05, 0.1) is 11.9 Å². The Labute approximate surface area is 125 Å². The van der Waals surface area contributed by atoms with Crippen LogP contribution in [0.2, 0.25) is 0 Å². The minimum absolute atomic E-state index is 0.716. The van der Waals surface area contributed by atoms with E-state index in [0.717, 1.165) is 45.0 Å². The van der Waals surface area contributed by atoms with Crippen LogP contribution >= 0.6 is 0 Å². The summed E-state index contributed by atoms with van der Waals surface area (Å²) in [5.41, 5.74) is 7.74. The Morgan fingerprint density at radius 2 is 1.86 bits per heavy atom.